The average Bonchev–Trinajstić information content (AvgIpc) is 2.87. The molecule has 3 fully saturated rings. The van der Waals surface area contributed by atoms with Crippen LogP contribution in [0.1, 0.15) is 65.7 Å². The van der Waals surface area contributed by atoms with E-state index in [1.165, 1.54) is 12.5 Å². The fourth-order valence-electron chi connectivity index (χ4n) is 7.16. The highest BCUT2D eigenvalue weighted by Crippen LogP contribution is 2.65. The molecule has 0 radical (unpaired) electrons. The smallest absolute Gasteiger partial charge is 0.316 e. The van der Waals surface area contributed by atoms with Gasteiger partial charge in [-0.2, -0.15) is 0 Å². The van der Waals surface area contributed by atoms with E-state index < -0.39 is 24.3 Å². The van der Waals surface area contributed by atoms with Gasteiger partial charge in [-0.05, 0) is 85.0 Å². The van der Waals surface area contributed by atoms with Gasteiger partial charge in [0.25, 0.3) is 0 Å². The third kappa shape index (κ3) is 2.84. The molecular formula is C23H32O5. The van der Waals surface area contributed by atoms with Crippen LogP contribution in [0.25, 0.3) is 0 Å². The topological polar surface area (TPSA) is 87.0 Å². The minimum atomic E-state index is -0.624. The highest BCUT2D eigenvalue weighted by Gasteiger charge is 2.61. The zero-order valence-corrected chi connectivity index (χ0v) is 17.1. The number of allylic oxidation sites excluding steroid dienone is 1. The summed E-state index contributed by atoms with van der Waals surface area (Å²) < 4.78 is 4.80. The van der Waals surface area contributed by atoms with Crippen molar-refractivity contribution in [1.82, 2.24) is 0 Å². The summed E-state index contributed by atoms with van der Waals surface area (Å²) >= 11 is 0. The van der Waals surface area contributed by atoms with Gasteiger partial charge in [-0.15, -0.1) is 0 Å². The number of hydrogen-bond acceptors (Lipinski definition) is 5. The van der Waals surface area contributed by atoms with Gasteiger partial charge in [0.2, 0.25) is 0 Å². The number of hydrogen-bond donors (Lipinski definition) is 3. The summed E-state index contributed by atoms with van der Waals surface area (Å²) in [5, 5.41) is 31.5. The first-order chi connectivity index (χ1) is 13.2. The summed E-state index contributed by atoms with van der Waals surface area (Å²) in [7, 11) is 0. The van der Waals surface area contributed by atoms with Crippen molar-refractivity contribution in [3.8, 4) is 12.0 Å². The molecule has 4 rings (SSSR count). The van der Waals surface area contributed by atoms with Gasteiger partial charge in [-0.25, -0.2) is 0 Å². The number of fused-ring (bicyclic) bond motifs is 5. The Kier molecular flexibility index (Phi) is 4.89. The van der Waals surface area contributed by atoms with Gasteiger partial charge in [-0.3, -0.25) is 4.79 Å². The van der Waals surface area contributed by atoms with E-state index in [1.807, 2.05) is 0 Å². The summed E-state index contributed by atoms with van der Waals surface area (Å²) in [4.78, 5) is 11.0. The minimum absolute atomic E-state index is 0.0256. The van der Waals surface area contributed by atoms with E-state index in [9.17, 15) is 20.1 Å². The molecule has 3 saturated carbocycles. The lowest BCUT2D eigenvalue weighted by Crippen LogP contribution is -2.52. The molecule has 5 heteroatoms. The van der Waals surface area contributed by atoms with E-state index in [2.05, 4.69) is 25.9 Å². The molecule has 0 bridgehead atoms. The zero-order valence-electron chi connectivity index (χ0n) is 17.1. The number of rotatable bonds is 0. The standard InChI is InChI=1S/C23H32O5/c1-13(24)28-11-8-15-16-5-4-14-17(22(16,2)10-7-19(15)25)6-9-23(3)18(14)12-20(26)21(23)27/h14,17-21,25-27H,4-7,9-10,12H2,1-3H3/t14-,17-,18+,19?,20?,21?,22+,23+/m1/s1. The molecule has 3 N–H and O–H groups in total. The molecule has 154 valence electrons. The summed E-state index contributed by atoms with van der Waals surface area (Å²) in [6, 6.07) is 0. The Morgan fingerprint density at radius 1 is 1.11 bits per heavy atom. The van der Waals surface area contributed by atoms with Crippen LogP contribution in [0.2, 0.25) is 0 Å². The first-order valence-electron chi connectivity index (χ1n) is 10.6. The molecule has 0 heterocycles. The Morgan fingerprint density at radius 2 is 1.86 bits per heavy atom. The highest BCUT2D eigenvalue weighted by atomic mass is 16.5. The number of carbonyl (C=O) groups is 1. The van der Waals surface area contributed by atoms with E-state index in [1.54, 1.807) is 0 Å². The van der Waals surface area contributed by atoms with Crippen LogP contribution < -0.4 is 0 Å². The molecule has 4 aliphatic carbocycles. The molecule has 0 spiro atoms. The van der Waals surface area contributed by atoms with Crippen molar-refractivity contribution in [2.45, 2.75) is 84.0 Å². The lowest BCUT2D eigenvalue weighted by molar-refractivity contribution is -0.134. The molecule has 0 aliphatic heterocycles. The summed E-state index contributed by atoms with van der Waals surface area (Å²) in [6.45, 7) is 5.79. The monoisotopic (exact) mass is 388 g/mol. The lowest BCUT2D eigenvalue weighted by Gasteiger charge is -2.58. The molecule has 0 saturated heterocycles. The fourth-order valence-corrected chi connectivity index (χ4v) is 7.16. The Labute approximate surface area is 167 Å². The van der Waals surface area contributed by atoms with Crippen molar-refractivity contribution in [2.24, 2.45) is 28.6 Å². The number of esters is 1. The number of aliphatic hydroxyl groups is 3. The summed E-state index contributed by atoms with van der Waals surface area (Å²) in [6.07, 6.45) is 6.77. The van der Waals surface area contributed by atoms with Crippen molar-refractivity contribution in [1.29, 1.82) is 0 Å². The van der Waals surface area contributed by atoms with Crippen molar-refractivity contribution in [3.05, 3.63) is 11.1 Å². The Hall–Kier alpha value is -1.35. The number of aliphatic hydroxyl groups excluding tert-OH is 3. The van der Waals surface area contributed by atoms with Crippen molar-refractivity contribution in [2.75, 3.05) is 0 Å². The maximum Gasteiger partial charge on any atom is 0.316 e. The second-order valence-corrected chi connectivity index (χ2v) is 9.89. The highest BCUT2D eigenvalue weighted by molar-refractivity contribution is 5.67. The lowest BCUT2D eigenvalue weighted by atomic mass is 9.46. The van der Waals surface area contributed by atoms with Gasteiger partial charge in [0, 0.05) is 12.5 Å². The maximum absolute atomic E-state index is 11.0. The van der Waals surface area contributed by atoms with E-state index in [4.69, 9.17) is 4.74 Å². The zero-order chi connectivity index (χ0) is 20.3. The molecule has 0 aromatic carbocycles. The Bertz CT molecular complexity index is 761. The molecule has 4 aliphatic rings. The van der Waals surface area contributed by atoms with Gasteiger partial charge < -0.3 is 20.1 Å². The van der Waals surface area contributed by atoms with Gasteiger partial charge in [-0.1, -0.05) is 13.8 Å². The predicted octanol–water partition coefficient (Wildman–Crippen LogP) is 2.54. The largest absolute Gasteiger partial charge is 0.390 e. The van der Waals surface area contributed by atoms with Gasteiger partial charge in [0.15, 0.2) is 0 Å². The summed E-state index contributed by atoms with van der Waals surface area (Å²) in [5.41, 5.74) is 1.76. The SMILES string of the molecule is CC(=O)OC#CC1=C2CC[C@@H]3[C@@H](CC[C@]4(C)C(O)C(O)C[C@@H]34)[C@@]2(C)CCC1O. The third-order valence-electron chi connectivity index (χ3n) is 8.62. The summed E-state index contributed by atoms with van der Waals surface area (Å²) in [5.74, 6) is 3.81. The number of ether oxygens (including phenoxy) is 1. The van der Waals surface area contributed by atoms with E-state index >= 15 is 0 Å². The minimum Gasteiger partial charge on any atom is -0.390 e. The molecule has 3 unspecified atom stereocenters. The molecule has 8 atom stereocenters. The van der Waals surface area contributed by atoms with Crippen LogP contribution in [0.4, 0.5) is 0 Å². The second kappa shape index (κ2) is 6.86. The van der Waals surface area contributed by atoms with E-state index in [-0.39, 0.29) is 10.8 Å². The molecule has 28 heavy (non-hydrogen) atoms. The first-order valence-corrected chi connectivity index (χ1v) is 10.6. The van der Waals surface area contributed by atoms with Crippen LogP contribution in [-0.4, -0.2) is 39.6 Å². The average molecular weight is 389 g/mol. The second-order valence-electron chi connectivity index (χ2n) is 9.89. The van der Waals surface area contributed by atoms with Crippen LogP contribution in [-0.2, 0) is 9.53 Å². The molecule has 0 amide bonds. The quantitative estimate of drug-likeness (QED) is 0.438. The maximum atomic E-state index is 11.0. The van der Waals surface area contributed by atoms with Crippen LogP contribution >= 0.6 is 0 Å². The molecule has 0 aromatic heterocycles. The van der Waals surface area contributed by atoms with Crippen LogP contribution in [0.15, 0.2) is 11.1 Å². The third-order valence-corrected chi connectivity index (χ3v) is 8.62. The fraction of sp³-hybridized carbons (Fsp3) is 0.783. The normalized spacial score (nSPS) is 47.4. The molecular weight excluding hydrogens is 356 g/mol. The van der Waals surface area contributed by atoms with Crippen LogP contribution in [0.5, 0.6) is 0 Å². The van der Waals surface area contributed by atoms with Gasteiger partial charge in [0.1, 0.15) is 6.11 Å². The van der Waals surface area contributed by atoms with E-state index in [0.29, 0.717) is 30.6 Å². The Morgan fingerprint density at radius 3 is 2.57 bits per heavy atom. The molecule has 5 nitrogen and oxygen atoms in total. The van der Waals surface area contributed by atoms with Crippen molar-refractivity contribution >= 4 is 5.97 Å². The predicted molar refractivity (Wildman–Crippen MR) is 104 cm³/mol. The number of carbonyl (C=O) groups excluding carboxylic acids is 1. The van der Waals surface area contributed by atoms with Crippen LogP contribution in [0, 0.1) is 40.6 Å². The van der Waals surface area contributed by atoms with E-state index in [0.717, 1.165) is 37.7 Å². The van der Waals surface area contributed by atoms with Crippen molar-refractivity contribution in [3.63, 3.8) is 0 Å². The van der Waals surface area contributed by atoms with Crippen LogP contribution in [0.3, 0.4) is 0 Å². The Balaban J connectivity index is 1.68. The molecule has 0 aromatic rings. The first kappa shape index (κ1) is 19.9. The van der Waals surface area contributed by atoms with Gasteiger partial charge >= 0.3 is 5.97 Å². The van der Waals surface area contributed by atoms with Gasteiger partial charge in [0.05, 0.1) is 18.3 Å². The van der Waals surface area contributed by atoms with Crippen molar-refractivity contribution < 1.29 is 24.9 Å².